The number of anilines is 1. The molecule has 0 aromatic carbocycles. The van der Waals surface area contributed by atoms with Crippen LogP contribution in [0.2, 0.25) is 0 Å². The molecule has 0 radical (unpaired) electrons. The van der Waals surface area contributed by atoms with Crippen LogP contribution in [0.4, 0.5) is 5.82 Å². The molecular weight excluding hydrogens is 316 g/mol. The summed E-state index contributed by atoms with van der Waals surface area (Å²) in [6.07, 6.45) is 5.64. The first-order valence-corrected chi connectivity index (χ1v) is 9.69. The first-order valence-electron chi connectivity index (χ1n) is 9.69. The van der Waals surface area contributed by atoms with Crippen LogP contribution in [0.1, 0.15) is 37.6 Å². The van der Waals surface area contributed by atoms with E-state index < -0.39 is 0 Å². The maximum atomic E-state index is 9.88. The zero-order valence-electron chi connectivity index (χ0n) is 15.6. The van der Waals surface area contributed by atoms with E-state index in [0.717, 1.165) is 70.0 Å². The van der Waals surface area contributed by atoms with Gasteiger partial charge in [0.1, 0.15) is 11.6 Å². The summed E-state index contributed by atoms with van der Waals surface area (Å²) in [5.41, 5.74) is 1.21. The number of aliphatic hydroxyl groups is 2. The van der Waals surface area contributed by atoms with Crippen molar-refractivity contribution in [1.29, 1.82) is 0 Å². The normalized spacial score (nSPS) is 25.7. The highest BCUT2D eigenvalue weighted by molar-refractivity contribution is 5.47. The minimum Gasteiger partial charge on any atom is -0.396 e. The second-order valence-corrected chi connectivity index (χ2v) is 7.66. The monoisotopic (exact) mass is 348 g/mol. The van der Waals surface area contributed by atoms with Crippen LogP contribution in [0.5, 0.6) is 0 Å². The zero-order valence-corrected chi connectivity index (χ0v) is 15.6. The standard InChI is InChI=1S/C19H32N4O2/c1-3-4-15-9-20-14(2)21-19(15)23-11-16(17(12-23)13-24)10-22-7-5-18(25)6-8-22/h9,16-18,24-25H,3-8,10-13H2,1-2H3/t16-,17-/m0/s1. The number of hydrogen-bond acceptors (Lipinski definition) is 6. The van der Waals surface area contributed by atoms with Crippen molar-refractivity contribution in [2.24, 2.45) is 11.8 Å². The fraction of sp³-hybridized carbons (Fsp3) is 0.789. The van der Waals surface area contributed by atoms with Crippen molar-refractivity contribution in [3.8, 4) is 0 Å². The van der Waals surface area contributed by atoms with Gasteiger partial charge in [0, 0.05) is 57.0 Å². The van der Waals surface area contributed by atoms with Gasteiger partial charge in [-0.05, 0) is 32.1 Å². The Morgan fingerprint density at radius 3 is 2.60 bits per heavy atom. The van der Waals surface area contributed by atoms with Crippen molar-refractivity contribution in [2.75, 3.05) is 44.2 Å². The van der Waals surface area contributed by atoms with Crippen LogP contribution in [0.25, 0.3) is 0 Å². The molecule has 0 saturated carbocycles. The lowest BCUT2D eigenvalue weighted by Gasteiger charge is -2.32. The first-order chi connectivity index (χ1) is 12.1. The fourth-order valence-corrected chi connectivity index (χ4v) is 4.16. The van der Waals surface area contributed by atoms with Gasteiger partial charge in [-0.3, -0.25) is 0 Å². The summed E-state index contributed by atoms with van der Waals surface area (Å²) in [4.78, 5) is 13.9. The van der Waals surface area contributed by atoms with Gasteiger partial charge in [-0.25, -0.2) is 9.97 Å². The highest BCUT2D eigenvalue weighted by Crippen LogP contribution is 2.30. The number of aromatic nitrogens is 2. The van der Waals surface area contributed by atoms with Crippen LogP contribution < -0.4 is 4.90 Å². The molecule has 3 rings (SSSR count). The Bertz CT molecular complexity index is 560. The third-order valence-electron chi connectivity index (χ3n) is 5.64. The Morgan fingerprint density at radius 2 is 1.92 bits per heavy atom. The molecule has 1 aromatic heterocycles. The molecule has 2 N–H and O–H groups in total. The maximum Gasteiger partial charge on any atom is 0.135 e. The van der Waals surface area contributed by atoms with Crippen LogP contribution >= 0.6 is 0 Å². The van der Waals surface area contributed by atoms with Crippen molar-refractivity contribution in [2.45, 2.75) is 45.6 Å². The van der Waals surface area contributed by atoms with E-state index >= 15 is 0 Å². The van der Waals surface area contributed by atoms with Crippen LogP contribution in [-0.2, 0) is 6.42 Å². The minimum absolute atomic E-state index is 0.134. The van der Waals surface area contributed by atoms with Crippen LogP contribution in [0, 0.1) is 18.8 Å². The molecule has 2 aliphatic heterocycles. The van der Waals surface area contributed by atoms with E-state index in [1.165, 1.54) is 5.56 Å². The zero-order chi connectivity index (χ0) is 17.8. The quantitative estimate of drug-likeness (QED) is 0.806. The highest BCUT2D eigenvalue weighted by atomic mass is 16.3. The number of nitrogens with zero attached hydrogens (tertiary/aromatic N) is 4. The lowest BCUT2D eigenvalue weighted by molar-refractivity contribution is 0.0687. The van der Waals surface area contributed by atoms with E-state index in [1.807, 2.05) is 13.1 Å². The fourth-order valence-electron chi connectivity index (χ4n) is 4.16. The van der Waals surface area contributed by atoms with Crippen molar-refractivity contribution in [3.05, 3.63) is 17.6 Å². The molecule has 0 unspecified atom stereocenters. The SMILES string of the molecule is CCCc1cnc(C)nc1N1C[C@@H](CO)[C@@H](CN2CCC(O)CC2)C1. The lowest BCUT2D eigenvalue weighted by Crippen LogP contribution is -2.40. The van der Waals surface area contributed by atoms with Crippen LogP contribution in [-0.4, -0.2) is 70.5 Å². The van der Waals surface area contributed by atoms with Crippen molar-refractivity contribution in [1.82, 2.24) is 14.9 Å². The number of rotatable bonds is 6. The summed E-state index contributed by atoms with van der Waals surface area (Å²) in [6, 6.07) is 0. The van der Waals surface area contributed by atoms with E-state index in [4.69, 9.17) is 4.98 Å². The Kier molecular flexibility index (Phi) is 6.25. The van der Waals surface area contributed by atoms with Gasteiger partial charge in [-0.1, -0.05) is 13.3 Å². The van der Waals surface area contributed by atoms with Gasteiger partial charge in [0.05, 0.1) is 6.10 Å². The van der Waals surface area contributed by atoms with Gasteiger partial charge in [-0.15, -0.1) is 0 Å². The summed E-state index contributed by atoms with van der Waals surface area (Å²) in [7, 11) is 0. The highest BCUT2D eigenvalue weighted by Gasteiger charge is 2.35. The van der Waals surface area contributed by atoms with Crippen molar-refractivity contribution < 1.29 is 10.2 Å². The predicted molar refractivity (Wildman–Crippen MR) is 98.7 cm³/mol. The number of aliphatic hydroxyl groups excluding tert-OH is 2. The average Bonchev–Trinajstić information content (AvgIpc) is 3.01. The van der Waals surface area contributed by atoms with Gasteiger partial charge in [0.2, 0.25) is 0 Å². The summed E-state index contributed by atoms with van der Waals surface area (Å²) in [6.45, 7) is 9.08. The molecule has 6 heteroatoms. The number of aryl methyl sites for hydroxylation is 2. The van der Waals surface area contributed by atoms with Gasteiger partial charge in [-0.2, -0.15) is 0 Å². The molecule has 1 aromatic rings. The number of piperidine rings is 1. The summed E-state index contributed by atoms with van der Waals surface area (Å²) < 4.78 is 0. The Hall–Kier alpha value is -1.24. The smallest absolute Gasteiger partial charge is 0.135 e. The summed E-state index contributed by atoms with van der Waals surface area (Å²) in [5.74, 6) is 2.61. The second kappa shape index (κ2) is 8.43. The molecule has 0 amide bonds. The van der Waals surface area contributed by atoms with Gasteiger partial charge < -0.3 is 20.0 Å². The third kappa shape index (κ3) is 4.49. The Balaban J connectivity index is 1.69. The number of hydrogen-bond donors (Lipinski definition) is 2. The molecule has 0 aliphatic carbocycles. The maximum absolute atomic E-state index is 9.88. The molecule has 6 nitrogen and oxygen atoms in total. The molecule has 2 saturated heterocycles. The van der Waals surface area contributed by atoms with Gasteiger partial charge >= 0.3 is 0 Å². The predicted octanol–water partition coefficient (Wildman–Crippen LogP) is 1.24. The molecule has 0 bridgehead atoms. The van der Waals surface area contributed by atoms with Gasteiger partial charge in [0.25, 0.3) is 0 Å². The Morgan fingerprint density at radius 1 is 1.20 bits per heavy atom. The lowest BCUT2D eigenvalue weighted by atomic mass is 9.95. The molecular formula is C19H32N4O2. The Labute approximate surface area is 150 Å². The molecule has 2 aliphatic rings. The molecule has 140 valence electrons. The topological polar surface area (TPSA) is 72.7 Å². The van der Waals surface area contributed by atoms with E-state index in [-0.39, 0.29) is 18.6 Å². The van der Waals surface area contributed by atoms with Crippen molar-refractivity contribution in [3.63, 3.8) is 0 Å². The summed E-state index contributed by atoms with van der Waals surface area (Å²) >= 11 is 0. The largest absolute Gasteiger partial charge is 0.396 e. The molecule has 3 heterocycles. The summed E-state index contributed by atoms with van der Waals surface area (Å²) in [5, 5.41) is 19.6. The first kappa shape index (κ1) is 18.5. The van der Waals surface area contributed by atoms with E-state index in [0.29, 0.717) is 5.92 Å². The van der Waals surface area contributed by atoms with E-state index in [2.05, 4.69) is 21.7 Å². The van der Waals surface area contributed by atoms with Gasteiger partial charge in [0.15, 0.2) is 0 Å². The average molecular weight is 348 g/mol. The number of likely N-dealkylation sites (tertiary alicyclic amines) is 1. The minimum atomic E-state index is -0.134. The van der Waals surface area contributed by atoms with E-state index in [1.54, 1.807) is 0 Å². The van der Waals surface area contributed by atoms with Crippen LogP contribution in [0.3, 0.4) is 0 Å². The molecule has 25 heavy (non-hydrogen) atoms. The third-order valence-corrected chi connectivity index (χ3v) is 5.64. The molecule has 0 spiro atoms. The molecule has 2 atom stereocenters. The van der Waals surface area contributed by atoms with Crippen LogP contribution in [0.15, 0.2) is 6.20 Å². The second-order valence-electron chi connectivity index (χ2n) is 7.66. The van der Waals surface area contributed by atoms with E-state index in [9.17, 15) is 10.2 Å². The molecule has 2 fully saturated rings. The van der Waals surface area contributed by atoms with Crippen molar-refractivity contribution >= 4 is 5.82 Å².